The van der Waals surface area contributed by atoms with Gasteiger partial charge in [0.1, 0.15) is 5.69 Å². The summed E-state index contributed by atoms with van der Waals surface area (Å²) in [4.78, 5) is 33.1. The fourth-order valence-corrected chi connectivity index (χ4v) is 3.99. The number of thiazole rings is 1. The number of rotatable bonds is 7. The first kappa shape index (κ1) is 22.5. The van der Waals surface area contributed by atoms with E-state index in [1.165, 1.54) is 11.3 Å². The number of aryl methyl sites for hydroxylation is 1. The lowest BCUT2D eigenvalue weighted by Crippen LogP contribution is -2.51. The van der Waals surface area contributed by atoms with E-state index >= 15 is 0 Å². The lowest BCUT2D eigenvalue weighted by Gasteiger charge is -2.34. The van der Waals surface area contributed by atoms with E-state index in [1.54, 1.807) is 10.3 Å². The highest BCUT2D eigenvalue weighted by atomic mass is 35.5. The summed E-state index contributed by atoms with van der Waals surface area (Å²) in [6, 6.07) is 5.62. The summed E-state index contributed by atoms with van der Waals surface area (Å²) in [6.45, 7) is 9.72. The van der Waals surface area contributed by atoms with Crippen molar-refractivity contribution >= 4 is 45.6 Å². The average Bonchev–Trinajstić information content (AvgIpc) is 3.18. The van der Waals surface area contributed by atoms with Gasteiger partial charge in [0.15, 0.2) is 5.13 Å². The number of hydrogen-bond acceptors (Lipinski definition) is 6. The number of carbonyl (C=O) groups is 2. The summed E-state index contributed by atoms with van der Waals surface area (Å²) in [6.07, 6.45) is 0. The van der Waals surface area contributed by atoms with Crippen molar-refractivity contribution in [2.24, 2.45) is 5.92 Å². The zero-order valence-corrected chi connectivity index (χ0v) is 19.1. The van der Waals surface area contributed by atoms with Crippen LogP contribution in [0.3, 0.4) is 0 Å². The van der Waals surface area contributed by atoms with Gasteiger partial charge in [-0.1, -0.05) is 31.5 Å². The number of nitrogens with one attached hydrogen (secondary N) is 2. The van der Waals surface area contributed by atoms with Gasteiger partial charge in [-0.2, -0.15) is 0 Å². The second-order valence-electron chi connectivity index (χ2n) is 7.89. The third-order valence-electron chi connectivity index (χ3n) is 4.90. The second kappa shape index (κ2) is 10.2. The van der Waals surface area contributed by atoms with Crippen molar-refractivity contribution in [3.8, 4) is 0 Å². The minimum Gasteiger partial charge on any atom is -0.355 e. The minimum atomic E-state index is -0.0778. The molecule has 2 amide bonds. The molecule has 1 aliphatic heterocycles. The molecule has 0 atom stereocenters. The van der Waals surface area contributed by atoms with Gasteiger partial charge in [0, 0.05) is 48.8 Å². The van der Waals surface area contributed by atoms with Crippen LogP contribution in [0.25, 0.3) is 0 Å². The Balaban J connectivity index is 1.51. The number of aromatic nitrogens is 1. The quantitative estimate of drug-likeness (QED) is 0.677. The third kappa shape index (κ3) is 6.17. The first-order valence-corrected chi connectivity index (χ1v) is 11.3. The lowest BCUT2D eigenvalue weighted by atomic mass is 10.2. The summed E-state index contributed by atoms with van der Waals surface area (Å²) in [5.74, 6) is 0.393. The predicted molar refractivity (Wildman–Crippen MR) is 122 cm³/mol. The average molecular weight is 450 g/mol. The molecule has 1 aliphatic rings. The van der Waals surface area contributed by atoms with E-state index in [0.717, 1.165) is 11.3 Å². The van der Waals surface area contributed by atoms with Crippen LogP contribution >= 0.6 is 22.9 Å². The fourth-order valence-electron chi connectivity index (χ4n) is 3.12. The Morgan fingerprint density at radius 1 is 1.23 bits per heavy atom. The van der Waals surface area contributed by atoms with Gasteiger partial charge in [-0.15, -0.1) is 11.3 Å². The summed E-state index contributed by atoms with van der Waals surface area (Å²) in [7, 11) is 0. The van der Waals surface area contributed by atoms with E-state index in [0.29, 0.717) is 61.0 Å². The van der Waals surface area contributed by atoms with Crippen molar-refractivity contribution < 1.29 is 9.59 Å². The molecule has 2 N–H and O–H groups in total. The highest BCUT2D eigenvalue weighted by Gasteiger charge is 2.25. The van der Waals surface area contributed by atoms with E-state index in [9.17, 15) is 9.59 Å². The zero-order chi connectivity index (χ0) is 21.7. The number of amides is 2. The van der Waals surface area contributed by atoms with Crippen molar-refractivity contribution in [2.75, 3.05) is 44.6 Å². The van der Waals surface area contributed by atoms with Crippen molar-refractivity contribution in [2.45, 2.75) is 20.8 Å². The number of carbonyl (C=O) groups excluding carboxylic acids is 2. The van der Waals surface area contributed by atoms with E-state index < -0.39 is 0 Å². The van der Waals surface area contributed by atoms with E-state index in [-0.39, 0.29) is 11.8 Å². The van der Waals surface area contributed by atoms with Crippen LogP contribution in [0, 0.1) is 12.8 Å². The Kier molecular flexibility index (Phi) is 7.69. The van der Waals surface area contributed by atoms with Gasteiger partial charge in [0.05, 0.1) is 6.54 Å². The van der Waals surface area contributed by atoms with E-state index in [4.69, 9.17) is 11.6 Å². The molecule has 0 radical (unpaired) electrons. The largest absolute Gasteiger partial charge is 0.355 e. The lowest BCUT2D eigenvalue weighted by molar-refractivity contribution is -0.122. The van der Waals surface area contributed by atoms with Crippen LogP contribution in [0.4, 0.5) is 10.8 Å². The topological polar surface area (TPSA) is 77.6 Å². The zero-order valence-electron chi connectivity index (χ0n) is 17.6. The van der Waals surface area contributed by atoms with Gasteiger partial charge in [-0.05, 0) is 30.5 Å². The molecule has 0 aliphatic carbocycles. The molecule has 0 saturated carbocycles. The highest BCUT2D eigenvalue weighted by Crippen LogP contribution is 2.26. The fraction of sp³-hybridized carbons (Fsp3) is 0.476. The molecule has 0 unspecified atom stereocenters. The maximum absolute atomic E-state index is 12.8. The van der Waals surface area contributed by atoms with Crippen LogP contribution in [0.1, 0.15) is 29.9 Å². The second-order valence-corrected chi connectivity index (χ2v) is 9.18. The Bertz CT molecular complexity index is 893. The Labute approximate surface area is 186 Å². The Hall–Kier alpha value is -2.16. The summed E-state index contributed by atoms with van der Waals surface area (Å²) < 4.78 is 0. The third-order valence-corrected chi connectivity index (χ3v) is 5.89. The van der Waals surface area contributed by atoms with Gasteiger partial charge >= 0.3 is 0 Å². The molecule has 1 saturated heterocycles. The maximum atomic E-state index is 12.8. The van der Waals surface area contributed by atoms with Crippen LogP contribution in [0.15, 0.2) is 23.6 Å². The molecule has 9 heteroatoms. The first-order valence-electron chi connectivity index (χ1n) is 10.1. The van der Waals surface area contributed by atoms with Crippen molar-refractivity contribution in [1.82, 2.24) is 20.1 Å². The molecule has 2 aromatic rings. The normalized spacial score (nSPS) is 14.8. The molecule has 0 spiro atoms. The molecule has 7 nitrogen and oxygen atoms in total. The number of hydrogen-bond donors (Lipinski definition) is 2. The highest BCUT2D eigenvalue weighted by molar-refractivity contribution is 7.14. The summed E-state index contributed by atoms with van der Waals surface area (Å²) >= 11 is 7.46. The molecule has 2 heterocycles. The Morgan fingerprint density at radius 3 is 2.67 bits per heavy atom. The molecule has 1 aromatic heterocycles. The van der Waals surface area contributed by atoms with Gasteiger partial charge in [-0.25, -0.2) is 4.98 Å². The van der Waals surface area contributed by atoms with Crippen LogP contribution in [-0.4, -0.2) is 65.9 Å². The number of halogens is 1. The maximum Gasteiger partial charge on any atom is 0.273 e. The van der Waals surface area contributed by atoms with Gasteiger partial charge in [-0.3, -0.25) is 14.5 Å². The number of piperazine rings is 1. The molecule has 3 rings (SSSR count). The first-order chi connectivity index (χ1) is 14.3. The van der Waals surface area contributed by atoms with Crippen molar-refractivity contribution in [3.05, 3.63) is 39.9 Å². The van der Waals surface area contributed by atoms with Crippen LogP contribution < -0.4 is 10.6 Å². The number of nitrogens with zero attached hydrogens (tertiary/aromatic N) is 3. The van der Waals surface area contributed by atoms with E-state index in [1.807, 2.05) is 25.1 Å². The predicted octanol–water partition coefficient (Wildman–Crippen LogP) is 3.38. The standard InChI is InChI=1S/C21H28ClN5O2S/c1-14(2)11-23-19(28)12-26-6-8-27(9-7-26)20(29)18-13-30-21(25-18)24-17-10-16(22)5-4-15(17)3/h4-5,10,13-14H,6-9,11-12H2,1-3H3,(H,23,28)(H,24,25). The number of anilines is 2. The molecule has 1 aromatic carbocycles. The number of benzene rings is 1. The molecule has 0 bridgehead atoms. The smallest absolute Gasteiger partial charge is 0.273 e. The van der Waals surface area contributed by atoms with Gasteiger partial charge < -0.3 is 15.5 Å². The van der Waals surface area contributed by atoms with Gasteiger partial charge in [0.25, 0.3) is 5.91 Å². The summed E-state index contributed by atoms with van der Waals surface area (Å²) in [5, 5.41) is 9.25. The van der Waals surface area contributed by atoms with Crippen LogP contribution in [0.5, 0.6) is 0 Å². The molecule has 162 valence electrons. The van der Waals surface area contributed by atoms with Crippen molar-refractivity contribution in [1.29, 1.82) is 0 Å². The van der Waals surface area contributed by atoms with Crippen molar-refractivity contribution in [3.63, 3.8) is 0 Å². The minimum absolute atomic E-state index is 0.0370. The molecule has 1 fully saturated rings. The monoisotopic (exact) mass is 449 g/mol. The Morgan fingerprint density at radius 2 is 1.97 bits per heavy atom. The molecular formula is C21H28ClN5O2S. The summed E-state index contributed by atoms with van der Waals surface area (Å²) in [5.41, 5.74) is 2.36. The van der Waals surface area contributed by atoms with Crippen LogP contribution in [0.2, 0.25) is 5.02 Å². The van der Waals surface area contributed by atoms with Gasteiger partial charge in [0.2, 0.25) is 5.91 Å². The van der Waals surface area contributed by atoms with E-state index in [2.05, 4.69) is 34.4 Å². The molecular weight excluding hydrogens is 422 g/mol. The SMILES string of the molecule is Cc1ccc(Cl)cc1Nc1nc(C(=O)N2CCN(CC(=O)NCC(C)C)CC2)cs1. The molecule has 30 heavy (non-hydrogen) atoms. The van der Waals surface area contributed by atoms with Crippen LogP contribution in [-0.2, 0) is 4.79 Å².